The van der Waals surface area contributed by atoms with Gasteiger partial charge in [0.1, 0.15) is 0 Å². The van der Waals surface area contributed by atoms with E-state index < -0.39 is 0 Å². The molecule has 0 aliphatic heterocycles. The van der Waals surface area contributed by atoms with Gasteiger partial charge in [0.2, 0.25) is 0 Å². The lowest BCUT2D eigenvalue weighted by Gasteiger charge is -2.22. The molecule has 1 aromatic heterocycles. The van der Waals surface area contributed by atoms with Gasteiger partial charge in [-0.3, -0.25) is 4.68 Å². The lowest BCUT2D eigenvalue weighted by molar-refractivity contribution is 0.318. The molecule has 2 aromatic rings. The van der Waals surface area contributed by atoms with E-state index in [0.717, 1.165) is 30.3 Å². The third-order valence-corrected chi connectivity index (χ3v) is 4.32. The molecule has 0 unspecified atom stereocenters. The Balaban J connectivity index is 0.00000420. The number of aryl methyl sites for hydroxylation is 1. The van der Waals surface area contributed by atoms with Crippen LogP contribution in [0.15, 0.2) is 29.4 Å². The minimum Gasteiger partial charge on any atom is -0.504 e. The van der Waals surface area contributed by atoms with E-state index in [9.17, 15) is 5.11 Å². The maximum atomic E-state index is 9.86. The van der Waals surface area contributed by atoms with Crippen LogP contribution in [-0.2, 0) is 20.1 Å². The molecule has 1 heterocycles. The van der Waals surface area contributed by atoms with E-state index >= 15 is 0 Å². The molecule has 0 spiro atoms. The minimum absolute atomic E-state index is 0. The third kappa shape index (κ3) is 7.09. The zero-order valence-corrected chi connectivity index (χ0v) is 20.6. The van der Waals surface area contributed by atoms with Crippen molar-refractivity contribution in [2.24, 2.45) is 12.0 Å². The van der Waals surface area contributed by atoms with Crippen molar-refractivity contribution in [3.05, 3.63) is 41.2 Å². The van der Waals surface area contributed by atoms with Crippen molar-refractivity contribution in [3.8, 4) is 11.5 Å². The molecule has 0 aliphatic rings. The second kappa shape index (κ2) is 11.9. The van der Waals surface area contributed by atoms with Crippen LogP contribution in [0.4, 0.5) is 0 Å². The summed E-state index contributed by atoms with van der Waals surface area (Å²) in [7, 11) is 3.98. The fourth-order valence-electron chi connectivity index (χ4n) is 3.06. The molecule has 0 amide bonds. The Kier molecular flexibility index (Phi) is 10.3. The predicted molar refractivity (Wildman–Crippen MR) is 128 cm³/mol. The van der Waals surface area contributed by atoms with Crippen LogP contribution in [0.3, 0.4) is 0 Å². The number of guanidine groups is 1. The van der Waals surface area contributed by atoms with Crippen molar-refractivity contribution in [3.63, 3.8) is 0 Å². The molecule has 8 heteroatoms. The number of aliphatic imine (C=N–C) groups is 1. The zero-order chi connectivity index (χ0) is 20.7. The summed E-state index contributed by atoms with van der Waals surface area (Å²) in [5, 5.41) is 17.8. The van der Waals surface area contributed by atoms with E-state index in [4.69, 9.17) is 9.73 Å². The minimum atomic E-state index is 0. The molecule has 2 N–H and O–H groups in total. The molecular weight excluding hydrogens is 481 g/mol. The number of halogens is 1. The first-order valence-corrected chi connectivity index (χ1v) is 9.82. The smallest absolute Gasteiger partial charge is 0.194 e. The summed E-state index contributed by atoms with van der Waals surface area (Å²) in [6.07, 6.45) is 2.07. The second-order valence-electron chi connectivity index (χ2n) is 7.13. The Morgan fingerprint density at radius 3 is 2.69 bits per heavy atom. The lowest BCUT2D eigenvalue weighted by atomic mass is 10.1. The first kappa shape index (κ1) is 25.1. The number of aromatic hydroxyl groups is 1. The molecular formula is C21H34IN5O2. The molecule has 1 aromatic carbocycles. The Labute approximate surface area is 191 Å². The summed E-state index contributed by atoms with van der Waals surface area (Å²) in [5.74, 6) is 1.84. The van der Waals surface area contributed by atoms with Crippen molar-refractivity contribution < 1.29 is 9.84 Å². The first-order chi connectivity index (χ1) is 13.3. The first-order valence-electron chi connectivity index (χ1n) is 9.82. The van der Waals surface area contributed by atoms with Gasteiger partial charge in [0.05, 0.1) is 18.8 Å². The maximum Gasteiger partial charge on any atom is 0.194 e. The van der Waals surface area contributed by atoms with Crippen LogP contribution in [0, 0.1) is 0 Å². The number of hydrogen-bond donors (Lipinski definition) is 2. The molecule has 2 rings (SSSR count). The number of nitrogens with one attached hydrogen (secondary N) is 1. The summed E-state index contributed by atoms with van der Waals surface area (Å²) in [5.41, 5.74) is 3.30. The van der Waals surface area contributed by atoms with Crippen LogP contribution in [0.2, 0.25) is 0 Å². The van der Waals surface area contributed by atoms with Gasteiger partial charge >= 0.3 is 0 Å². The number of nitrogens with zero attached hydrogens (tertiary/aromatic N) is 4. The standard InChI is InChI=1S/C21H33N5O2.HI/c1-7-22-21(23-12-16-9-10-18(27)19(11-16)28-8-2)25(5)13-17-14-26(6)24-20(17)15(3)4;/h9-11,14-15,27H,7-8,12-13H2,1-6H3,(H,22,23);1H. The van der Waals surface area contributed by atoms with Crippen LogP contribution in [-0.4, -0.2) is 45.9 Å². The number of hydrogen-bond acceptors (Lipinski definition) is 4. The van der Waals surface area contributed by atoms with E-state index in [-0.39, 0.29) is 29.7 Å². The Morgan fingerprint density at radius 2 is 2.07 bits per heavy atom. The fraction of sp³-hybridized carbons (Fsp3) is 0.524. The van der Waals surface area contributed by atoms with Crippen molar-refractivity contribution in [1.82, 2.24) is 20.0 Å². The monoisotopic (exact) mass is 515 g/mol. The number of phenolic OH excluding ortho intramolecular Hbond substituents is 1. The second-order valence-corrected chi connectivity index (χ2v) is 7.13. The number of rotatable bonds is 8. The van der Waals surface area contributed by atoms with Gasteiger partial charge in [0.25, 0.3) is 0 Å². The summed E-state index contributed by atoms with van der Waals surface area (Å²) >= 11 is 0. The van der Waals surface area contributed by atoms with Crippen molar-refractivity contribution >= 4 is 29.9 Å². The number of benzene rings is 1. The lowest BCUT2D eigenvalue weighted by Crippen LogP contribution is -2.38. The Morgan fingerprint density at radius 1 is 1.34 bits per heavy atom. The van der Waals surface area contributed by atoms with Gasteiger partial charge in [-0.15, -0.1) is 24.0 Å². The Bertz CT molecular complexity index is 804. The molecule has 0 fully saturated rings. The van der Waals surface area contributed by atoms with Crippen molar-refractivity contribution in [2.75, 3.05) is 20.2 Å². The molecule has 0 radical (unpaired) electrons. The average molecular weight is 515 g/mol. The van der Waals surface area contributed by atoms with E-state index in [0.29, 0.717) is 24.8 Å². The summed E-state index contributed by atoms with van der Waals surface area (Å²) < 4.78 is 7.33. The highest BCUT2D eigenvalue weighted by Gasteiger charge is 2.15. The molecule has 29 heavy (non-hydrogen) atoms. The summed E-state index contributed by atoms with van der Waals surface area (Å²) in [6, 6.07) is 5.35. The number of phenols is 1. The van der Waals surface area contributed by atoms with Crippen molar-refractivity contribution in [2.45, 2.75) is 46.7 Å². The predicted octanol–water partition coefficient (Wildman–Crippen LogP) is 3.86. The van der Waals surface area contributed by atoms with Gasteiger partial charge in [0.15, 0.2) is 17.5 Å². The normalized spacial score (nSPS) is 11.3. The van der Waals surface area contributed by atoms with Gasteiger partial charge in [-0.05, 0) is 37.5 Å². The topological polar surface area (TPSA) is 74.9 Å². The van der Waals surface area contributed by atoms with Gasteiger partial charge in [-0.1, -0.05) is 19.9 Å². The van der Waals surface area contributed by atoms with E-state index in [1.807, 2.05) is 37.8 Å². The average Bonchev–Trinajstić information content (AvgIpc) is 3.01. The molecule has 0 atom stereocenters. The zero-order valence-electron chi connectivity index (χ0n) is 18.3. The SMILES string of the molecule is CCNC(=NCc1ccc(O)c(OCC)c1)N(C)Cc1cn(C)nc1C(C)C.I. The molecule has 162 valence electrons. The van der Waals surface area contributed by atoms with Gasteiger partial charge in [0, 0.05) is 38.9 Å². The highest BCUT2D eigenvalue weighted by atomic mass is 127. The molecule has 0 saturated carbocycles. The van der Waals surface area contributed by atoms with Gasteiger partial charge in [-0.25, -0.2) is 4.99 Å². The van der Waals surface area contributed by atoms with Crippen LogP contribution >= 0.6 is 24.0 Å². The van der Waals surface area contributed by atoms with Crippen LogP contribution in [0.5, 0.6) is 11.5 Å². The van der Waals surface area contributed by atoms with Crippen LogP contribution < -0.4 is 10.1 Å². The summed E-state index contributed by atoms with van der Waals surface area (Å²) in [4.78, 5) is 6.87. The Hall–Kier alpha value is -1.97. The van der Waals surface area contributed by atoms with Gasteiger partial charge in [-0.2, -0.15) is 5.10 Å². The van der Waals surface area contributed by atoms with Crippen molar-refractivity contribution in [1.29, 1.82) is 0 Å². The van der Waals surface area contributed by atoms with E-state index in [1.54, 1.807) is 6.07 Å². The fourth-order valence-corrected chi connectivity index (χ4v) is 3.06. The van der Waals surface area contributed by atoms with E-state index in [2.05, 4.69) is 42.3 Å². The maximum absolute atomic E-state index is 9.86. The quantitative estimate of drug-likeness (QED) is 0.317. The highest BCUT2D eigenvalue weighted by Crippen LogP contribution is 2.27. The third-order valence-electron chi connectivity index (χ3n) is 4.32. The number of ether oxygens (including phenoxy) is 1. The molecule has 0 aliphatic carbocycles. The molecule has 0 bridgehead atoms. The van der Waals surface area contributed by atoms with Gasteiger partial charge < -0.3 is 20.1 Å². The molecule has 7 nitrogen and oxygen atoms in total. The molecule has 0 saturated heterocycles. The largest absolute Gasteiger partial charge is 0.504 e. The van der Waals surface area contributed by atoms with E-state index in [1.165, 1.54) is 5.56 Å². The highest BCUT2D eigenvalue weighted by molar-refractivity contribution is 14.0. The van der Waals surface area contributed by atoms with Crippen LogP contribution in [0.25, 0.3) is 0 Å². The summed E-state index contributed by atoms with van der Waals surface area (Å²) in [6.45, 7) is 10.8. The van der Waals surface area contributed by atoms with Crippen LogP contribution in [0.1, 0.15) is 50.4 Å². The number of aromatic nitrogens is 2.